The average Bonchev–Trinajstić information content (AvgIpc) is 2.80. The van der Waals surface area contributed by atoms with Gasteiger partial charge in [0.2, 0.25) is 11.6 Å². The molecule has 2 aromatic heterocycles. The van der Waals surface area contributed by atoms with Crippen LogP contribution in [0.4, 0.5) is 0 Å². The van der Waals surface area contributed by atoms with E-state index in [0.717, 1.165) is 0 Å². The first-order valence-corrected chi connectivity index (χ1v) is 10.1. The monoisotopic (exact) mass is 422 g/mol. The maximum atomic E-state index is 12.2. The number of rotatable bonds is 8. The molecule has 30 heavy (non-hydrogen) atoms. The molecule has 0 aliphatic carbocycles. The zero-order valence-electron chi connectivity index (χ0n) is 15.5. The summed E-state index contributed by atoms with van der Waals surface area (Å²) in [4.78, 5) is 41.1. The second kappa shape index (κ2) is 8.96. The second-order valence-electron chi connectivity index (χ2n) is 6.16. The highest BCUT2D eigenvalue weighted by atomic mass is 31.1. The third-order valence-electron chi connectivity index (χ3n) is 4.11. The van der Waals surface area contributed by atoms with Crippen LogP contribution in [0.5, 0.6) is 0 Å². The van der Waals surface area contributed by atoms with E-state index in [1.165, 1.54) is 12.4 Å². The minimum absolute atomic E-state index is 0.0889. The molecule has 4 aromatic rings. The largest absolute Gasteiger partial charge is 0.320 e. The highest BCUT2D eigenvalue weighted by Crippen LogP contribution is 2.24. The molecule has 4 rings (SSSR count). The Bertz CT molecular complexity index is 1180. The first-order chi connectivity index (χ1) is 14.6. The van der Waals surface area contributed by atoms with Gasteiger partial charge in [0, 0.05) is 0 Å². The van der Waals surface area contributed by atoms with Crippen LogP contribution >= 0.6 is 8.25 Å². The number of fused-ring (bicyclic) bond motifs is 2. The molecular weight excluding hydrogens is 407 g/mol. The maximum absolute atomic E-state index is 12.2. The summed E-state index contributed by atoms with van der Waals surface area (Å²) in [5.74, 6) is -0.996. The molecule has 0 spiro atoms. The average molecular weight is 422 g/mol. The number of hydrogen-bond donors (Lipinski definition) is 0. The molecule has 0 aliphatic heterocycles. The number of benzene rings is 2. The van der Waals surface area contributed by atoms with Crippen LogP contribution in [0, 0.1) is 0 Å². The van der Waals surface area contributed by atoms with Gasteiger partial charge in [-0.05, 0) is 24.3 Å². The number of hydrogen-bond acceptors (Lipinski definition) is 9. The van der Waals surface area contributed by atoms with Crippen molar-refractivity contribution in [2.45, 2.75) is 0 Å². The molecule has 0 atom stereocenters. The predicted molar refractivity (Wildman–Crippen MR) is 109 cm³/mol. The molecule has 150 valence electrons. The number of ketones is 2. The predicted octanol–water partition coefficient (Wildman–Crippen LogP) is 3.06. The van der Waals surface area contributed by atoms with Crippen LogP contribution in [-0.2, 0) is 13.6 Å². The summed E-state index contributed by atoms with van der Waals surface area (Å²) in [7, 11) is -3.07. The highest BCUT2D eigenvalue weighted by Gasteiger charge is 2.14. The fraction of sp³-hybridized carbons (Fsp3) is 0.100. The molecule has 0 saturated carbocycles. The smallest absolute Gasteiger partial charge is 0.302 e. The molecule has 0 bridgehead atoms. The van der Waals surface area contributed by atoms with Crippen molar-refractivity contribution in [1.29, 1.82) is 0 Å². The summed E-state index contributed by atoms with van der Waals surface area (Å²) in [6.07, 6.45) is 2.65. The lowest BCUT2D eigenvalue weighted by Gasteiger charge is -2.05. The number of para-hydroxylation sites is 4. The Kier molecular flexibility index (Phi) is 5.94. The molecule has 0 radical (unpaired) electrons. The molecule has 2 heterocycles. The quantitative estimate of drug-likeness (QED) is 0.311. The van der Waals surface area contributed by atoms with Crippen molar-refractivity contribution in [3.05, 3.63) is 72.3 Å². The molecule has 9 nitrogen and oxygen atoms in total. The second-order valence-corrected chi connectivity index (χ2v) is 7.24. The third kappa shape index (κ3) is 4.60. The Morgan fingerprint density at radius 1 is 0.700 bits per heavy atom. The van der Waals surface area contributed by atoms with Crippen LogP contribution < -0.4 is 0 Å². The first-order valence-electron chi connectivity index (χ1n) is 8.90. The summed E-state index contributed by atoms with van der Waals surface area (Å²) >= 11 is 0. The Hall–Kier alpha value is -3.39. The van der Waals surface area contributed by atoms with E-state index in [0.29, 0.717) is 22.1 Å². The number of carbonyl (C=O) groups is 2. The van der Waals surface area contributed by atoms with Crippen LogP contribution in [0.1, 0.15) is 21.0 Å². The van der Waals surface area contributed by atoms with Crippen molar-refractivity contribution in [2.24, 2.45) is 0 Å². The van der Waals surface area contributed by atoms with Crippen molar-refractivity contribution in [3.63, 3.8) is 0 Å². The normalized spacial score (nSPS) is 11.2. The summed E-state index contributed by atoms with van der Waals surface area (Å²) < 4.78 is 21.8. The minimum Gasteiger partial charge on any atom is -0.302 e. The third-order valence-corrected chi connectivity index (χ3v) is 4.87. The SMILES string of the molecule is O=C(CO[PH](=O)OCC(=O)c1cnc2ccccc2n1)c1cnc2ccccc2n1. The molecule has 0 saturated heterocycles. The van der Waals surface area contributed by atoms with Crippen molar-refractivity contribution in [1.82, 2.24) is 19.9 Å². The minimum atomic E-state index is -3.07. The van der Waals surface area contributed by atoms with Gasteiger partial charge in [-0.1, -0.05) is 24.3 Å². The maximum Gasteiger partial charge on any atom is 0.320 e. The van der Waals surface area contributed by atoms with Crippen molar-refractivity contribution < 1.29 is 23.2 Å². The van der Waals surface area contributed by atoms with E-state index in [1.54, 1.807) is 36.4 Å². The van der Waals surface area contributed by atoms with Crippen molar-refractivity contribution in [2.75, 3.05) is 13.2 Å². The van der Waals surface area contributed by atoms with E-state index in [9.17, 15) is 14.2 Å². The Morgan fingerprint density at radius 3 is 1.53 bits per heavy atom. The first kappa shape index (κ1) is 19.9. The number of nitrogens with zero attached hydrogens (tertiary/aromatic N) is 4. The zero-order chi connectivity index (χ0) is 20.9. The van der Waals surface area contributed by atoms with Gasteiger partial charge in [-0.25, -0.2) is 9.97 Å². The van der Waals surface area contributed by atoms with E-state index in [4.69, 9.17) is 9.05 Å². The van der Waals surface area contributed by atoms with Crippen LogP contribution in [0.15, 0.2) is 60.9 Å². The van der Waals surface area contributed by atoms with E-state index in [-0.39, 0.29) is 11.4 Å². The van der Waals surface area contributed by atoms with Gasteiger partial charge in [-0.2, -0.15) is 0 Å². The van der Waals surface area contributed by atoms with Gasteiger partial charge in [-0.15, -0.1) is 0 Å². The van der Waals surface area contributed by atoms with Crippen molar-refractivity contribution in [3.8, 4) is 0 Å². The molecule has 0 N–H and O–H groups in total. The fourth-order valence-corrected chi connectivity index (χ4v) is 3.20. The lowest BCUT2D eigenvalue weighted by atomic mass is 10.2. The molecule has 0 aliphatic rings. The molecule has 10 heteroatoms. The topological polar surface area (TPSA) is 121 Å². The fourth-order valence-electron chi connectivity index (χ4n) is 2.62. The van der Waals surface area contributed by atoms with Gasteiger partial charge in [0.25, 0.3) is 0 Å². The number of aromatic nitrogens is 4. The standard InChI is InChI=1S/C20H15N4O5P/c25-19(17-9-21-13-5-1-3-7-15(13)23-17)11-28-30(27)29-12-20(26)18-10-22-14-6-2-4-8-16(14)24-18/h1-10,30H,11-12H2. The summed E-state index contributed by atoms with van der Waals surface area (Å²) in [6.45, 7) is -1.01. The summed E-state index contributed by atoms with van der Waals surface area (Å²) in [6, 6.07) is 14.2. The van der Waals surface area contributed by atoms with E-state index >= 15 is 0 Å². The molecule has 0 unspecified atom stereocenters. The van der Waals surface area contributed by atoms with Gasteiger partial charge in [-0.3, -0.25) is 24.1 Å². The van der Waals surface area contributed by atoms with E-state index in [2.05, 4.69) is 19.9 Å². The molecular formula is C20H15N4O5P. The Balaban J connectivity index is 1.30. The molecule has 0 amide bonds. The van der Waals surface area contributed by atoms with Gasteiger partial charge < -0.3 is 9.05 Å². The highest BCUT2D eigenvalue weighted by molar-refractivity contribution is 7.33. The van der Waals surface area contributed by atoms with Gasteiger partial charge in [0.1, 0.15) is 24.6 Å². The van der Waals surface area contributed by atoms with E-state index in [1.807, 2.05) is 12.1 Å². The van der Waals surface area contributed by atoms with Gasteiger partial charge in [0.15, 0.2) is 0 Å². The zero-order valence-corrected chi connectivity index (χ0v) is 16.5. The lowest BCUT2D eigenvalue weighted by molar-refractivity contribution is 0.0872. The summed E-state index contributed by atoms with van der Waals surface area (Å²) in [5, 5.41) is 0. The van der Waals surface area contributed by atoms with Crippen LogP contribution in [0.2, 0.25) is 0 Å². The van der Waals surface area contributed by atoms with Crippen molar-refractivity contribution >= 4 is 41.9 Å². The Labute approximate surface area is 171 Å². The lowest BCUT2D eigenvalue weighted by Crippen LogP contribution is -2.11. The molecule has 2 aromatic carbocycles. The Morgan fingerprint density at radius 2 is 1.10 bits per heavy atom. The number of Topliss-reactive ketones (excluding diaryl/α,β-unsaturated/α-hetero) is 2. The van der Waals surface area contributed by atoms with E-state index < -0.39 is 33.0 Å². The van der Waals surface area contributed by atoms with Crippen LogP contribution in [0.25, 0.3) is 22.1 Å². The van der Waals surface area contributed by atoms with Crippen LogP contribution in [0.3, 0.4) is 0 Å². The molecule has 0 fully saturated rings. The van der Waals surface area contributed by atoms with Gasteiger partial charge in [0.05, 0.1) is 34.5 Å². The van der Waals surface area contributed by atoms with Crippen LogP contribution in [-0.4, -0.2) is 44.7 Å². The number of carbonyl (C=O) groups excluding carboxylic acids is 2. The summed E-state index contributed by atoms with van der Waals surface area (Å²) in [5.41, 5.74) is 2.62. The van der Waals surface area contributed by atoms with Gasteiger partial charge >= 0.3 is 8.25 Å².